The monoisotopic (exact) mass is 417 g/mol. The number of allylic oxidation sites excluding steroid dienone is 1. The molecule has 148 valence electrons. The minimum Gasteiger partial charge on any atom is -0.484 e. The molecule has 0 bridgehead atoms. The first-order chi connectivity index (χ1) is 13.7. The Morgan fingerprint density at radius 2 is 2.21 bits per heavy atom. The fourth-order valence-electron chi connectivity index (χ4n) is 3.24. The molecule has 5 N–H and O–H groups in total. The van der Waals surface area contributed by atoms with Crippen LogP contribution in [0.4, 0.5) is 5.69 Å². The second-order valence-electron chi connectivity index (χ2n) is 6.63. The maximum Gasteiger partial charge on any atom is 0.163 e. The van der Waals surface area contributed by atoms with Crippen molar-refractivity contribution in [2.24, 2.45) is 10.8 Å². The zero-order valence-corrected chi connectivity index (χ0v) is 17.0. The number of nitrogens with two attached hydrogens (primary N) is 1. The number of piperazine rings is 1. The minimum absolute atomic E-state index is 0.514. The van der Waals surface area contributed by atoms with Crippen LogP contribution >= 0.6 is 23.4 Å². The molecule has 7 nitrogen and oxygen atoms in total. The van der Waals surface area contributed by atoms with Gasteiger partial charge in [-0.05, 0) is 24.3 Å². The summed E-state index contributed by atoms with van der Waals surface area (Å²) in [4.78, 5) is 5.68. The van der Waals surface area contributed by atoms with Crippen molar-refractivity contribution in [2.45, 2.75) is 18.0 Å². The van der Waals surface area contributed by atoms with E-state index in [-0.39, 0.29) is 0 Å². The fraction of sp³-hybridized carbons (Fsp3) is 0.316. The smallest absolute Gasteiger partial charge is 0.163 e. The van der Waals surface area contributed by atoms with Crippen LogP contribution in [0.2, 0.25) is 0 Å². The second kappa shape index (κ2) is 8.97. The summed E-state index contributed by atoms with van der Waals surface area (Å²) in [6.07, 6.45) is 1.60. The van der Waals surface area contributed by atoms with E-state index < -0.39 is 0 Å². The molecule has 2 aromatic rings. The van der Waals surface area contributed by atoms with Gasteiger partial charge in [0, 0.05) is 60.1 Å². The van der Waals surface area contributed by atoms with Crippen molar-refractivity contribution in [3.63, 3.8) is 0 Å². The molecule has 0 spiro atoms. The zero-order chi connectivity index (χ0) is 19.3. The van der Waals surface area contributed by atoms with Crippen LogP contribution in [-0.4, -0.2) is 41.8 Å². The van der Waals surface area contributed by atoms with E-state index in [9.17, 15) is 0 Å². The molecule has 1 aromatic heterocycles. The van der Waals surface area contributed by atoms with Crippen LogP contribution < -0.4 is 16.5 Å². The number of anilines is 1. The summed E-state index contributed by atoms with van der Waals surface area (Å²) in [5, 5.41) is 7.60. The van der Waals surface area contributed by atoms with Crippen LogP contribution in [0.15, 0.2) is 46.1 Å². The first kappa shape index (κ1) is 19.3. The van der Waals surface area contributed by atoms with Gasteiger partial charge in [-0.3, -0.25) is 10.3 Å². The van der Waals surface area contributed by atoms with E-state index in [0.717, 1.165) is 48.9 Å². The van der Waals surface area contributed by atoms with Gasteiger partial charge < -0.3 is 20.3 Å². The van der Waals surface area contributed by atoms with Gasteiger partial charge in [0.1, 0.15) is 6.61 Å². The Hall–Kier alpha value is -2.04. The highest BCUT2D eigenvalue weighted by Crippen LogP contribution is 2.33. The number of benzene rings is 1. The van der Waals surface area contributed by atoms with Crippen molar-refractivity contribution in [2.75, 3.05) is 31.6 Å². The third-order valence-electron chi connectivity index (χ3n) is 4.68. The molecule has 0 radical (unpaired) electrons. The van der Waals surface area contributed by atoms with Gasteiger partial charge in [0.05, 0.1) is 22.5 Å². The second-order valence-corrected chi connectivity index (χ2v) is 8.51. The van der Waals surface area contributed by atoms with Crippen molar-refractivity contribution < 1.29 is 9.29 Å². The van der Waals surface area contributed by atoms with Crippen LogP contribution in [-0.2, 0) is 17.9 Å². The summed E-state index contributed by atoms with van der Waals surface area (Å²) in [5.74, 6) is 0.569. The number of rotatable bonds is 6. The number of thiophene rings is 1. The predicted octanol–water partition coefficient (Wildman–Crippen LogP) is 2.97. The summed E-state index contributed by atoms with van der Waals surface area (Å²) in [6.45, 7) is 5.71. The molecule has 0 unspecified atom stereocenters. The lowest BCUT2D eigenvalue weighted by Crippen LogP contribution is -2.42. The molecule has 0 amide bonds. The van der Waals surface area contributed by atoms with Gasteiger partial charge in [0.25, 0.3) is 0 Å². The molecule has 3 heterocycles. The van der Waals surface area contributed by atoms with E-state index in [2.05, 4.69) is 26.8 Å². The number of fused-ring (bicyclic) bond motifs is 1. The first-order valence-electron chi connectivity index (χ1n) is 9.11. The summed E-state index contributed by atoms with van der Waals surface area (Å²) in [7, 11) is 0. The van der Waals surface area contributed by atoms with Crippen LogP contribution in [0.1, 0.15) is 15.3 Å². The number of nitrogens with one attached hydrogen (secondary N) is 2. The molecular formula is C19H23N5O2S2. The topological polar surface area (TPSA) is 95.1 Å². The number of nitrogens with zero attached hydrogens (tertiary/aromatic N) is 2. The Morgan fingerprint density at radius 1 is 1.36 bits per heavy atom. The molecule has 28 heavy (non-hydrogen) atoms. The van der Waals surface area contributed by atoms with E-state index >= 15 is 0 Å². The van der Waals surface area contributed by atoms with Crippen molar-refractivity contribution in [1.29, 1.82) is 0 Å². The number of hydrogen-bond acceptors (Lipinski definition) is 9. The van der Waals surface area contributed by atoms with E-state index in [1.807, 2.05) is 18.2 Å². The Morgan fingerprint density at radius 3 is 3.04 bits per heavy atom. The molecule has 4 rings (SSSR count). The number of hydrogen-bond donors (Lipinski definition) is 4. The highest BCUT2D eigenvalue weighted by molar-refractivity contribution is 7.93. The van der Waals surface area contributed by atoms with Gasteiger partial charge in [-0.2, -0.15) is 5.10 Å². The van der Waals surface area contributed by atoms with E-state index in [1.54, 1.807) is 23.6 Å². The summed E-state index contributed by atoms with van der Waals surface area (Å²) in [6, 6.07) is 9.53. The maximum atomic E-state index is 9.13. The molecule has 1 aromatic carbocycles. The molecule has 0 aliphatic carbocycles. The minimum atomic E-state index is 0.514. The molecule has 0 saturated carbocycles. The van der Waals surface area contributed by atoms with Gasteiger partial charge in [-0.15, -0.1) is 11.3 Å². The van der Waals surface area contributed by atoms with Gasteiger partial charge in [0.15, 0.2) is 5.76 Å². The number of hydrazone groups is 1. The Balaban J connectivity index is 1.44. The molecule has 2 aliphatic rings. The van der Waals surface area contributed by atoms with Crippen molar-refractivity contribution >= 4 is 41.0 Å². The average molecular weight is 418 g/mol. The third kappa shape index (κ3) is 4.50. The predicted molar refractivity (Wildman–Crippen MR) is 115 cm³/mol. The average Bonchev–Trinajstić information content (AvgIpc) is 3.14. The van der Waals surface area contributed by atoms with Crippen molar-refractivity contribution in [3.05, 3.63) is 51.4 Å². The molecule has 2 aliphatic heterocycles. The standard InChI is InChI=1S/C19H23N5O2S2/c20-19-16-9-15(11-24-6-4-21-5-7-24)27-18(16)12-26-17(19)10-22-23-13-2-1-3-14(8-13)28-25/h1-3,8-10,21,23,25H,4-7,11-12,20H2/b22-10-. The van der Waals surface area contributed by atoms with E-state index in [1.165, 1.54) is 9.75 Å². The molecule has 1 fully saturated rings. The van der Waals surface area contributed by atoms with Crippen LogP contribution in [0.25, 0.3) is 5.70 Å². The normalized spacial score (nSPS) is 17.6. The lowest BCUT2D eigenvalue weighted by molar-refractivity contribution is 0.218. The molecule has 0 atom stereocenters. The van der Waals surface area contributed by atoms with Gasteiger partial charge >= 0.3 is 0 Å². The molecular weight excluding hydrogens is 394 g/mol. The van der Waals surface area contributed by atoms with E-state index in [0.29, 0.717) is 30.1 Å². The first-order valence-corrected chi connectivity index (χ1v) is 10.7. The highest BCUT2D eigenvalue weighted by Gasteiger charge is 2.21. The molecule has 9 heteroatoms. The highest BCUT2D eigenvalue weighted by atomic mass is 32.2. The lowest BCUT2D eigenvalue weighted by atomic mass is 10.1. The van der Waals surface area contributed by atoms with Gasteiger partial charge in [0.2, 0.25) is 0 Å². The van der Waals surface area contributed by atoms with Crippen LogP contribution in [0, 0.1) is 0 Å². The maximum absolute atomic E-state index is 9.13. The Labute approximate surface area is 172 Å². The van der Waals surface area contributed by atoms with Crippen molar-refractivity contribution in [1.82, 2.24) is 10.2 Å². The zero-order valence-electron chi connectivity index (χ0n) is 15.4. The van der Waals surface area contributed by atoms with Gasteiger partial charge in [-0.25, -0.2) is 0 Å². The van der Waals surface area contributed by atoms with Crippen LogP contribution in [0.5, 0.6) is 0 Å². The van der Waals surface area contributed by atoms with Crippen LogP contribution in [0.3, 0.4) is 0 Å². The van der Waals surface area contributed by atoms with Crippen molar-refractivity contribution in [3.8, 4) is 0 Å². The third-order valence-corrected chi connectivity index (χ3v) is 6.24. The summed E-state index contributed by atoms with van der Waals surface area (Å²) in [5.41, 5.74) is 11.7. The fourth-order valence-corrected chi connectivity index (χ4v) is 4.69. The summed E-state index contributed by atoms with van der Waals surface area (Å²) < 4.78 is 14.9. The van der Waals surface area contributed by atoms with E-state index in [4.69, 9.17) is 15.0 Å². The number of ether oxygens (including phenoxy) is 1. The quantitative estimate of drug-likeness (QED) is 0.326. The largest absolute Gasteiger partial charge is 0.484 e. The SMILES string of the molecule is NC1=C(/C=N\Nc2cccc(SO)c2)OCc2sc(CN3CCNCC3)cc21. The Bertz CT molecular complexity index is 890. The lowest BCUT2D eigenvalue weighted by Gasteiger charge is -2.26. The summed E-state index contributed by atoms with van der Waals surface area (Å²) >= 11 is 2.47. The Kier molecular flexibility index (Phi) is 6.18. The van der Waals surface area contributed by atoms with Gasteiger partial charge in [-0.1, -0.05) is 6.07 Å². The molecule has 1 saturated heterocycles.